The van der Waals surface area contributed by atoms with Crippen molar-refractivity contribution in [3.63, 3.8) is 0 Å². The average Bonchev–Trinajstić information content (AvgIpc) is 2.96. The minimum absolute atomic E-state index is 0.198. The number of thiazole rings is 1. The van der Waals surface area contributed by atoms with E-state index in [0.717, 1.165) is 16.8 Å². The van der Waals surface area contributed by atoms with Crippen LogP contribution in [-0.2, 0) is 0 Å². The van der Waals surface area contributed by atoms with Gasteiger partial charge in [0.15, 0.2) is 0 Å². The minimum Gasteiger partial charge on any atom is -0.508 e. The molecule has 3 aromatic rings. The monoisotopic (exact) mass is 311 g/mol. The van der Waals surface area contributed by atoms with E-state index in [9.17, 15) is 10.2 Å². The molecule has 22 heavy (non-hydrogen) atoms. The second kappa shape index (κ2) is 6.28. The number of hydrogen-bond donors (Lipinski definition) is 3. The molecule has 0 saturated carbocycles. The Morgan fingerprint density at radius 2 is 1.82 bits per heavy atom. The molecule has 0 bridgehead atoms. The molecule has 5 nitrogen and oxygen atoms in total. The average molecular weight is 311 g/mol. The lowest BCUT2D eigenvalue weighted by molar-refractivity contribution is 0.475. The van der Waals surface area contributed by atoms with Gasteiger partial charge in [0.1, 0.15) is 11.5 Å². The predicted octanol–water partition coefficient (Wildman–Crippen LogP) is 3.67. The van der Waals surface area contributed by atoms with Crippen molar-refractivity contribution in [2.24, 2.45) is 5.10 Å². The molecule has 0 radical (unpaired) electrons. The number of rotatable bonds is 4. The zero-order chi connectivity index (χ0) is 15.4. The van der Waals surface area contributed by atoms with Crippen molar-refractivity contribution >= 4 is 22.7 Å². The Labute approximate surface area is 131 Å². The largest absolute Gasteiger partial charge is 0.508 e. The van der Waals surface area contributed by atoms with Crippen molar-refractivity contribution in [1.29, 1.82) is 0 Å². The molecule has 0 aliphatic carbocycles. The third-order valence-electron chi connectivity index (χ3n) is 2.89. The first-order valence-corrected chi connectivity index (χ1v) is 7.42. The number of phenolic OH excluding ortho intramolecular Hbond substituents is 2. The van der Waals surface area contributed by atoms with Crippen LogP contribution in [0.2, 0.25) is 0 Å². The molecule has 0 spiro atoms. The summed E-state index contributed by atoms with van der Waals surface area (Å²) in [7, 11) is 0. The quantitative estimate of drug-likeness (QED) is 0.507. The molecule has 0 saturated heterocycles. The van der Waals surface area contributed by atoms with Gasteiger partial charge < -0.3 is 10.2 Å². The maximum atomic E-state index is 9.49. The van der Waals surface area contributed by atoms with E-state index in [-0.39, 0.29) is 11.5 Å². The Balaban J connectivity index is 1.69. The fraction of sp³-hybridized carbons (Fsp3) is 0. The van der Waals surface area contributed by atoms with E-state index in [1.54, 1.807) is 42.6 Å². The summed E-state index contributed by atoms with van der Waals surface area (Å²) in [5, 5.41) is 25.5. The van der Waals surface area contributed by atoms with Crippen molar-refractivity contribution in [3.8, 4) is 22.8 Å². The third kappa shape index (κ3) is 3.42. The Hall–Kier alpha value is -2.86. The van der Waals surface area contributed by atoms with E-state index in [1.165, 1.54) is 11.3 Å². The minimum atomic E-state index is 0.198. The van der Waals surface area contributed by atoms with Gasteiger partial charge >= 0.3 is 0 Å². The SMILES string of the molecule is Oc1cccc(/C=N/Nc2nc(-c3cccc(O)c3)cs2)c1. The molecule has 6 heteroatoms. The summed E-state index contributed by atoms with van der Waals surface area (Å²) in [6.07, 6.45) is 1.61. The van der Waals surface area contributed by atoms with Crippen LogP contribution in [0.5, 0.6) is 11.5 Å². The number of aromatic nitrogens is 1. The van der Waals surface area contributed by atoms with E-state index >= 15 is 0 Å². The predicted molar refractivity (Wildman–Crippen MR) is 88.5 cm³/mol. The third-order valence-corrected chi connectivity index (χ3v) is 3.64. The Bertz CT molecular complexity index is 814. The maximum Gasteiger partial charge on any atom is 0.203 e. The van der Waals surface area contributed by atoms with E-state index in [2.05, 4.69) is 15.5 Å². The Kier molecular flexibility index (Phi) is 4.02. The molecule has 110 valence electrons. The fourth-order valence-electron chi connectivity index (χ4n) is 1.89. The van der Waals surface area contributed by atoms with E-state index < -0.39 is 0 Å². The summed E-state index contributed by atoms with van der Waals surface area (Å²) in [6, 6.07) is 13.7. The van der Waals surface area contributed by atoms with Crippen molar-refractivity contribution in [2.75, 3.05) is 5.43 Å². The fourth-order valence-corrected chi connectivity index (χ4v) is 2.56. The topological polar surface area (TPSA) is 77.7 Å². The van der Waals surface area contributed by atoms with Crippen LogP contribution in [-0.4, -0.2) is 21.4 Å². The first kappa shape index (κ1) is 14.1. The molecule has 0 fully saturated rings. The van der Waals surface area contributed by atoms with Crippen molar-refractivity contribution in [2.45, 2.75) is 0 Å². The van der Waals surface area contributed by atoms with Crippen LogP contribution in [0.3, 0.4) is 0 Å². The molecule has 0 aliphatic heterocycles. The molecule has 0 atom stereocenters. The Morgan fingerprint density at radius 1 is 1.05 bits per heavy atom. The van der Waals surface area contributed by atoms with Crippen LogP contribution in [0.1, 0.15) is 5.56 Å². The second-order valence-electron chi connectivity index (χ2n) is 4.55. The summed E-state index contributed by atoms with van der Waals surface area (Å²) in [6.45, 7) is 0. The number of aromatic hydroxyl groups is 2. The lowest BCUT2D eigenvalue weighted by atomic mass is 10.2. The van der Waals surface area contributed by atoms with Gasteiger partial charge in [0, 0.05) is 10.9 Å². The zero-order valence-corrected chi connectivity index (χ0v) is 12.3. The van der Waals surface area contributed by atoms with Crippen LogP contribution in [0.25, 0.3) is 11.3 Å². The molecule has 1 aromatic heterocycles. The van der Waals surface area contributed by atoms with Gasteiger partial charge in [-0.05, 0) is 29.8 Å². The number of anilines is 1. The highest BCUT2D eigenvalue weighted by atomic mass is 32.1. The lowest BCUT2D eigenvalue weighted by Crippen LogP contribution is -1.90. The van der Waals surface area contributed by atoms with E-state index in [1.807, 2.05) is 17.5 Å². The van der Waals surface area contributed by atoms with Gasteiger partial charge in [-0.2, -0.15) is 5.10 Å². The molecule has 0 amide bonds. The summed E-state index contributed by atoms with van der Waals surface area (Å²) in [5.74, 6) is 0.409. The maximum absolute atomic E-state index is 9.49. The molecule has 0 unspecified atom stereocenters. The van der Waals surface area contributed by atoms with Gasteiger partial charge in [-0.25, -0.2) is 4.98 Å². The van der Waals surface area contributed by atoms with Crippen LogP contribution in [0.15, 0.2) is 59.0 Å². The van der Waals surface area contributed by atoms with E-state index in [4.69, 9.17) is 0 Å². The number of nitrogens with zero attached hydrogens (tertiary/aromatic N) is 2. The van der Waals surface area contributed by atoms with Gasteiger partial charge in [0.2, 0.25) is 5.13 Å². The highest BCUT2D eigenvalue weighted by Crippen LogP contribution is 2.26. The summed E-state index contributed by atoms with van der Waals surface area (Å²) in [5.41, 5.74) is 5.26. The highest BCUT2D eigenvalue weighted by molar-refractivity contribution is 7.14. The molecule has 3 rings (SSSR count). The van der Waals surface area contributed by atoms with Crippen LogP contribution >= 0.6 is 11.3 Å². The molecule has 1 heterocycles. The summed E-state index contributed by atoms with van der Waals surface area (Å²) >= 11 is 1.42. The van der Waals surface area contributed by atoms with Crippen LogP contribution in [0, 0.1) is 0 Å². The molecule has 0 aliphatic rings. The zero-order valence-electron chi connectivity index (χ0n) is 11.5. The number of nitrogens with one attached hydrogen (secondary N) is 1. The van der Waals surface area contributed by atoms with Gasteiger partial charge in [-0.3, -0.25) is 5.43 Å². The second-order valence-corrected chi connectivity index (χ2v) is 5.41. The number of phenols is 2. The normalized spacial score (nSPS) is 10.9. The first-order chi connectivity index (χ1) is 10.7. The number of hydrazone groups is 1. The van der Waals surface area contributed by atoms with Crippen molar-refractivity contribution in [1.82, 2.24) is 4.98 Å². The van der Waals surface area contributed by atoms with Crippen molar-refractivity contribution < 1.29 is 10.2 Å². The molecular weight excluding hydrogens is 298 g/mol. The number of benzene rings is 2. The molecule has 3 N–H and O–H groups in total. The van der Waals surface area contributed by atoms with Gasteiger partial charge in [-0.1, -0.05) is 24.3 Å². The number of hydrogen-bond acceptors (Lipinski definition) is 6. The van der Waals surface area contributed by atoms with E-state index in [0.29, 0.717) is 5.13 Å². The highest BCUT2D eigenvalue weighted by Gasteiger charge is 2.04. The van der Waals surface area contributed by atoms with Crippen molar-refractivity contribution in [3.05, 3.63) is 59.5 Å². The van der Waals surface area contributed by atoms with Gasteiger partial charge in [0.25, 0.3) is 0 Å². The first-order valence-electron chi connectivity index (χ1n) is 6.54. The smallest absolute Gasteiger partial charge is 0.203 e. The van der Waals surface area contributed by atoms with Gasteiger partial charge in [-0.15, -0.1) is 11.3 Å². The van der Waals surface area contributed by atoms with Crippen LogP contribution in [0.4, 0.5) is 5.13 Å². The molecule has 2 aromatic carbocycles. The lowest BCUT2D eigenvalue weighted by Gasteiger charge is -1.97. The van der Waals surface area contributed by atoms with Gasteiger partial charge in [0.05, 0.1) is 11.9 Å². The van der Waals surface area contributed by atoms with Crippen LogP contribution < -0.4 is 5.43 Å². The molecular formula is C16H13N3O2S. The standard InChI is InChI=1S/C16H13N3O2S/c20-13-5-1-3-11(7-13)9-17-19-16-18-15(10-22-16)12-4-2-6-14(21)8-12/h1-10,20-21H,(H,18,19)/b17-9+. The Morgan fingerprint density at radius 3 is 2.59 bits per heavy atom. The summed E-state index contributed by atoms with van der Waals surface area (Å²) in [4.78, 5) is 4.40. The summed E-state index contributed by atoms with van der Waals surface area (Å²) < 4.78 is 0.